The van der Waals surface area contributed by atoms with Crippen molar-refractivity contribution in [1.82, 2.24) is 59.4 Å². The van der Waals surface area contributed by atoms with Gasteiger partial charge in [0, 0.05) is 74.9 Å². The number of aryl methyl sites for hydroxylation is 6. The van der Waals surface area contributed by atoms with E-state index in [1.165, 1.54) is 0 Å². The van der Waals surface area contributed by atoms with E-state index in [0.717, 1.165) is 33.4 Å². The lowest BCUT2D eigenvalue weighted by molar-refractivity contribution is 0.0118. The molecule has 6 aromatic heterocycles. The van der Waals surface area contributed by atoms with Gasteiger partial charge in [0.15, 0.2) is 54.6 Å². The molecule has 0 saturated carbocycles. The molecule has 0 aliphatic carbocycles. The van der Waals surface area contributed by atoms with Crippen LogP contribution in [0.25, 0.3) is 34.2 Å². The first-order valence-electron chi connectivity index (χ1n) is 25.5. The molecule has 0 aliphatic rings. The zero-order valence-electron chi connectivity index (χ0n) is 47.1. The van der Waals surface area contributed by atoms with Crippen LogP contribution in [0.4, 0.5) is 0 Å². The zero-order chi connectivity index (χ0) is 57.7. The number of para-hydroxylation sites is 2. The molecule has 8 aromatic rings. The van der Waals surface area contributed by atoms with Crippen LogP contribution in [0.2, 0.25) is 0 Å². The van der Waals surface area contributed by atoms with Gasteiger partial charge in [0.05, 0.1) is 62.5 Å². The van der Waals surface area contributed by atoms with Gasteiger partial charge >= 0.3 is 0 Å². The molecule has 0 N–H and O–H groups in total. The van der Waals surface area contributed by atoms with E-state index < -0.39 is 53.9 Å². The van der Waals surface area contributed by atoms with Gasteiger partial charge in [-0.05, 0) is 113 Å². The lowest BCUT2D eigenvalue weighted by Crippen LogP contribution is -2.31. The molecule has 0 fully saturated rings. The lowest BCUT2D eigenvalue weighted by atomic mass is 10.1. The van der Waals surface area contributed by atoms with Crippen LogP contribution >= 0.6 is 0 Å². The molecule has 8 rings (SSSR count). The summed E-state index contributed by atoms with van der Waals surface area (Å²) in [6, 6.07) is 15.1. The molecule has 0 unspecified atom stereocenters. The van der Waals surface area contributed by atoms with Gasteiger partial charge < -0.3 is 28.4 Å². The van der Waals surface area contributed by atoms with Crippen LogP contribution in [0.3, 0.4) is 0 Å². The number of benzene rings is 2. The fraction of sp³-hybridized carbons (Fsp3) is 0.393. The van der Waals surface area contributed by atoms with Crippen molar-refractivity contribution in [2.45, 2.75) is 89.6 Å². The Kier molecular flexibility index (Phi) is 20.4. The van der Waals surface area contributed by atoms with Crippen LogP contribution in [-0.4, -0.2) is 142 Å². The normalized spacial score (nSPS) is 13.2. The average Bonchev–Trinajstić information content (AvgIpc) is 4.17. The first-order valence-corrected chi connectivity index (χ1v) is 29.0. The second-order valence-corrected chi connectivity index (χ2v) is 23.9. The number of aromatic nitrogens is 12. The number of hydrogen-bond donors (Lipinski definition) is 0. The number of rotatable bonds is 24. The van der Waals surface area contributed by atoms with E-state index in [9.17, 15) is 16.8 Å². The third-order valence-corrected chi connectivity index (χ3v) is 17.0. The second kappa shape index (κ2) is 27.1. The first-order chi connectivity index (χ1) is 38.3. The number of sulfone groups is 2. The SMILES string of the molecule is COCCO[C@@H](c1ncc(C)cn1)[C@H](C)S(=O)(=O)Cc1nnc(-c2cncc(C)c2)n1-c1c(C)cccc1OC.COCCO[C@@H](c1ncc(C)cn1)[C@H](C)S(=O)(=O)Cc1nnc(-c2cncc(C)c2)n1-c1c(C)cccc1OC. The van der Waals surface area contributed by atoms with Gasteiger partial charge in [-0.15, -0.1) is 20.4 Å². The summed E-state index contributed by atoms with van der Waals surface area (Å²) in [5.74, 6) is 2.24. The van der Waals surface area contributed by atoms with E-state index in [4.69, 9.17) is 28.4 Å². The zero-order valence-corrected chi connectivity index (χ0v) is 48.7. The van der Waals surface area contributed by atoms with Crippen LogP contribution in [0.1, 0.15) is 82.7 Å². The van der Waals surface area contributed by atoms with Crippen molar-refractivity contribution in [2.75, 3.05) is 54.9 Å². The van der Waals surface area contributed by atoms with Crippen molar-refractivity contribution in [2.24, 2.45) is 0 Å². The van der Waals surface area contributed by atoms with E-state index in [1.54, 1.807) is 101 Å². The number of hydrogen-bond acceptors (Lipinski definition) is 20. The monoisotopic (exact) mass is 1130 g/mol. The number of pyridine rings is 2. The molecule has 0 spiro atoms. The summed E-state index contributed by atoms with van der Waals surface area (Å²) in [4.78, 5) is 26.0. The Labute approximate surface area is 467 Å². The fourth-order valence-corrected chi connectivity index (χ4v) is 11.4. The van der Waals surface area contributed by atoms with Crippen molar-refractivity contribution in [3.63, 3.8) is 0 Å². The minimum Gasteiger partial charge on any atom is -0.495 e. The maximum Gasteiger partial charge on any atom is 0.170 e. The highest BCUT2D eigenvalue weighted by molar-refractivity contribution is 7.91. The van der Waals surface area contributed by atoms with Gasteiger partial charge in [0.25, 0.3) is 0 Å². The molecule has 80 heavy (non-hydrogen) atoms. The predicted molar refractivity (Wildman–Crippen MR) is 300 cm³/mol. The fourth-order valence-electron chi connectivity index (χ4n) is 8.64. The summed E-state index contributed by atoms with van der Waals surface area (Å²) in [5, 5.41) is 15.6. The molecular formula is C56H68N12O10S2. The Bertz CT molecular complexity index is 3350. The Morgan fingerprint density at radius 3 is 1.19 bits per heavy atom. The molecule has 424 valence electrons. The molecule has 2 aromatic carbocycles. The summed E-state index contributed by atoms with van der Waals surface area (Å²) in [7, 11) is -1.51. The standard InChI is InChI=1S/2C28H34N6O5S/c2*1-18-12-22(16-29-13-18)28-33-32-24(34(28)25-20(3)8-7-9-23(25)38-6)17-40(35,36)21(4)26(39-11-10-37-5)27-30-14-19(2)15-31-27/h2*7-9,12-16,21,26H,10-11,17H2,1-6H3/t2*21-,26+/m00/s1. The highest BCUT2D eigenvalue weighted by Crippen LogP contribution is 2.36. The third-order valence-electron chi connectivity index (χ3n) is 12.9. The highest BCUT2D eigenvalue weighted by atomic mass is 32.2. The maximum atomic E-state index is 13.9. The Morgan fingerprint density at radius 2 is 0.850 bits per heavy atom. The Hall–Kier alpha value is -7.48. The van der Waals surface area contributed by atoms with Crippen molar-refractivity contribution >= 4 is 19.7 Å². The van der Waals surface area contributed by atoms with Gasteiger partial charge in [-0.2, -0.15) is 0 Å². The topological polar surface area (TPSA) is 262 Å². The van der Waals surface area contributed by atoms with Crippen molar-refractivity contribution in [3.8, 4) is 45.6 Å². The van der Waals surface area contributed by atoms with Crippen molar-refractivity contribution in [3.05, 3.63) is 155 Å². The van der Waals surface area contributed by atoms with E-state index in [2.05, 4.69) is 50.3 Å². The van der Waals surface area contributed by atoms with Crippen LogP contribution in [0.15, 0.2) is 98.1 Å². The van der Waals surface area contributed by atoms with Gasteiger partial charge in [0.1, 0.15) is 35.2 Å². The molecule has 0 aliphatic heterocycles. The van der Waals surface area contributed by atoms with Crippen LogP contribution in [0.5, 0.6) is 11.5 Å². The third kappa shape index (κ3) is 14.3. The highest BCUT2D eigenvalue weighted by Gasteiger charge is 2.37. The van der Waals surface area contributed by atoms with Crippen molar-refractivity contribution < 1.29 is 45.3 Å². The van der Waals surface area contributed by atoms with Gasteiger partial charge in [-0.1, -0.05) is 24.3 Å². The average molecular weight is 1130 g/mol. The molecule has 0 saturated heterocycles. The quantitative estimate of drug-likeness (QED) is 0.0529. The van der Waals surface area contributed by atoms with Crippen LogP contribution < -0.4 is 9.47 Å². The van der Waals surface area contributed by atoms with Crippen LogP contribution in [0, 0.1) is 41.5 Å². The minimum absolute atomic E-state index is 0.180. The van der Waals surface area contributed by atoms with Gasteiger partial charge in [-0.25, -0.2) is 36.8 Å². The number of nitrogens with zero attached hydrogens (tertiary/aromatic N) is 12. The predicted octanol–water partition coefficient (Wildman–Crippen LogP) is 7.52. The summed E-state index contributed by atoms with van der Waals surface area (Å²) in [6.07, 6.45) is 11.5. The van der Waals surface area contributed by atoms with E-state index in [-0.39, 0.29) is 36.5 Å². The van der Waals surface area contributed by atoms with E-state index in [1.807, 2.05) is 90.1 Å². The molecule has 6 heterocycles. The maximum absolute atomic E-state index is 13.9. The minimum atomic E-state index is -3.87. The number of ether oxygens (including phenoxy) is 6. The molecule has 0 radical (unpaired) electrons. The smallest absolute Gasteiger partial charge is 0.170 e. The van der Waals surface area contributed by atoms with Crippen LogP contribution in [-0.2, 0) is 50.1 Å². The van der Waals surface area contributed by atoms with E-state index in [0.29, 0.717) is 58.9 Å². The summed E-state index contributed by atoms with van der Waals surface area (Å²) >= 11 is 0. The summed E-state index contributed by atoms with van der Waals surface area (Å²) in [6.45, 7) is 15.6. The van der Waals surface area contributed by atoms with Gasteiger partial charge in [0.2, 0.25) is 0 Å². The number of methoxy groups -OCH3 is 4. The molecule has 0 amide bonds. The molecule has 24 heteroatoms. The molecule has 22 nitrogen and oxygen atoms in total. The van der Waals surface area contributed by atoms with Crippen molar-refractivity contribution in [1.29, 1.82) is 0 Å². The molecule has 0 bridgehead atoms. The van der Waals surface area contributed by atoms with Gasteiger partial charge in [-0.3, -0.25) is 19.1 Å². The summed E-state index contributed by atoms with van der Waals surface area (Å²) in [5.41, 5.74) is 8.00. The lowest BCUT2D eigenvalue weighted by Gasteiger charge is -2.23. The largest absolute Gasteiger partial charge is 0.495 e. The Morgan fingerprint density at radius 1 is 0.475 bits per heavy atom. The molecular weight excluding hydrogens is 1060 g/mol. The second-order valence-electron chi connectivity index (χ2n) is 19.1. The Balaban J connectivity index is 0.000000231. The first kappa shape index (κ1) is 60.2. The molecule has 4 atom stereocenters. The summed E-state index contributed by atoms with van der Waals surface area (Å²) < 4.78 is 92.7. The van der Waals surface area contributed by atoms with E-state index >= 15 is 0 Å².